The molecule has 0 fully saturated rings. The van der Waals surface area contributed by atoms with Crippen LogP contribution >= 0.6 is 0 Å². The number of nitrogens with zero attached hydrogens (tertiary/aromatic N) is 3. The molecule has 0 spiro atoms. The van der Waals surface area contributed by atoms with Crippen molar-refractivity contribution in [3.63, 3.8) is 0 Å². The Hall–Kier alpha value is -1.56. The maximum Gasteiger partial charge on any atom is 0.216 e. The second-order valence-corrected chi connectivity index (χ2v) is 4.77. The Morgan fingerprint density at radius 2 is 2.05 bits per heavy atom. The van der Waals surface area contributed by atoms with Crippen LogP contribution < -0.4 is 10.6 Å². The van der Waals surface area contributed by atoms with Crippen molar-refractivity contribution in [2.24, 2.45) is 4.99 Å². The van der Waals surface area contributed by atoms with E-state index >= 15 is 0 Å². The molecule has 0 saturated carbocycles. The molecule has 1 rings (SSSR count). The van der Waals surface area contributed by atoms with Gasteiger partial charge in [-0.2, -0.15) is 0 Å². The number of hydrogen-bond donors (Lipinski definition) is 2. The molecule has 0 aliphatic carbocycles. The number of rotatable bonds is 7. The summed E-state index contributed by atoms with van der Waals surface area (Å²) in [5.74, 6) is 2.31. The summed E-state index contributed by atoms with van der Waals surface area (Å²) in [5, 5.41) is 6.52. The Kier molecular flexibility index (Phi) is 7.08. The summed E-state index contributed by atoms with van der Waals surface area (Å²) in [6.07, 6.45) is 0. The predicted octanol–water partition coefficient (Wildman–Crippen LogP) is 1.30. The lowest BCUT2D eigenvalue weighted by atomic mass is 10.4. The van der Waals surface area contributed by atoms with Crippen LogP contribution in [0.25, 0.3) is 0 Å². The van der Waals surface area contributed by atoms with Gasteiger partial charge < -0.3 is 20.0 Å². The normalized spacial score (nSPS) is 12.0. The first-order valence-corrected chi connectivity index (χ1v) is 7.20. The van der Waals surface area contributed by atoms with Crippen LogP contribution in [0, 0.1) is 13.8 Å². The van der Waals surface area contributed by atoms with Gasteiger partial charge in [0.15, 0.2) is 5.96 Å². The smallest absolute Gasteiger partial charge is 0.216 e. The molecule has 0 aliphatic heterocycles. The van der Waals surface area contributed by atoms with E-state index in [1.807, 2.05) is 13.8 Å². The zero-order valence-corrected chi connectivity index (χ0v) is 13.3. The molecule has 0 amide bonds. The van der Waals surface area contributed by atoms with Crippen LogP contribution in [0.4, 0.5) is 0 Å². The molecule has 20 heavy (non-hydrogen) atoms. The Bertz CT molecular complexity index is 408. The van der Waals surface area contributed by atoms with E-state index in [4.69, 9.17) is 4.42 Å². The average molecular weight is 281 g/mol. The van der Waals surface area contributed by atoms with Gasteiger partial charge in [-0.3, -0.25) is 0 Å². The van der Waals surface area contributed by atoms with Crippen molar-refractivity contribution in [3.8, 4) is 0 Å². The van der Waals surface area contributed by atoms with Gasteiger partial charge in [-0.15, -0.1) is 0 Å². The standard InChI is InChI=1S/C14H27N5O/c1-6-15-14(16-8-9-19(5)7-2)17-10-13-18-11(3)12(4)20-13/h6-10H2,1-5H3,(H2,15,16,17). The number of hydrogen-bond acceptors (Lipinski definition) is 4. The molecular formula is C14H27N5O. The highest BCUT2D eigenvalue weighted by atomic mass is 16.4. The highest BCUT2D eigenvalue weighted by Gasteiger charge is 2.05. The summed E-state index contributed by atoms with van der Waals surface area (Å²) in [6.45, 7) is 12.2. The van der Waals surface area contributed by atoms with Crippen LogP contribution in [-0.4, -0.2) is 49.1 Å². The minimum absolute atomic E-state index is 0.452. The Morgan fingerprint density at radius 1 is 1.30 bits per heavy atom. The van der Waals surface area contributed by atoms with Crippen LogP contribution in [0.5, 0.6) is 0 Å². The second-order valence-electron chi connectivity index (χ2n) is 4.77. The lowest BCUT2D eigenvalue weighted by Crippen LogP contribution is -2.40. The third-order valence-electron chi connectivity index (χ3n) is 3.12. The molecule has 1 aromatic rings. The zero-order chi connectivity index (χ0) is 15.0. The molecule has 0 saturated heterocycles. The highest BCUT2D eigenvalue weighted by molar-refractivity contribution is 5.79. The minimum Gasteiger partial charge on any atom is -0.444 e. The highest BCUT2D eigenvalue weighted by Crippen LogP contribution is 2.08. The first-order chi connectivity index (χ1) is 9.56. The van der Waals surface area contributed by atoms with Gasteiger partial charge in [-0.1, -0.05) is 6.92 Å². The quantitative estimate of drug-likeness (QED) is 0.582. The molecule has 1 heterocycles. The maximum atomic E-state index is 5.52. The number of guanidine groups is 1. The summed E-state index contributed by atoms with van der Waals surface area (Å²) in [5.41, 5.74) is 0.928. The van der Waals surface area contributed by atoms with Gasteiger partial charge in [0.25, 0.3) is 0 Å². The SMILES string of the molecule is CCNC(=NCc1nc(C)c(C)o1)NCCN(C)CC. The maximum absolute atomic E-state index is 5.52. The van der Waals surface area contributed by atoms with E-state index in [2.05, 4.69) is 46.4 Å². The monoisotopic (exact) mass is 281 g/mol. The van der Waals surface area contributed by atoms with Gasteiger partial charge >= 0.3 is 0 Å². The van der Waals surface area contributed by atoms with E-state index in [1.54, 1.807) is 0 Å². The molecule has 0 aliphatic rings. The number of oxazole rings is 1. The molecule has 0 atom stereocenters. The molecule has 0 bridgehead atoms. The molecule has 1 aromatic heterocycles. The molecule has 6 nitrogen and oxygen atoms in total. The Labute approximate surface area is 121 Å². The van der Waals surface area contributed by atoms with Crippen molar-refractivity contribution in [2.75, 3.05) is 33.2 Å². The minimum atomic E-state index is 0.452. The Morgan fingerprint density at radius 3 is 2.60 bits per heavy atom. The van der Waals surface area contributed by atoms with E-state index < -0.39 is 0 Å². The lowest BCUT2D eigenvalue weighted by Gasteiger charge is -2.16. The molecule has 0 radical (unpaired) electrons. The summed E-state index contributed by atoms with van der Waals surface area (Å²) in [4.78, 5) is 11.1. The van der Waals surface area contributed by atoms with Gasteiger partial charge in [0, 0.05) is 19.6 Å². The van der Waals surface area contributed by atoms with Crippen molar-refractivity contribution in [3.05, 3.63) is 17.3 Å². The van der Waals surface area contributed by atoms with Gasteiger partial charge in [-0.05, 0) is 34.4 Å². The largest absolute Gasteiger partial charge is 0.444 e. The number of nitrogens with one attached hydrogen (secondary N) is 2. The van der Waals surface area contributed by atoms with Gasteiger partial charge in [0.05, 0.1) is 5.69 Å². The number of likely N-dealkylation sites (N-methyl/N-ethyl adjacent to an activating group) is 1. The van der Waals surface area contributed by atoms with Gasteiger partial charge in [0.2, 0.25) is 5.89 Å². The van der Waals surface area contributed by atoms with E-state index in [-0.39, 0.29) is 0 Å². The summed E-state index contributed by atoms with van der Waals surface area (Å²) in [6, 6.07) is 0. The van der Waals surface area contributed by atoms with E-state index in [9.17, 15) is 0 Å². The average Bonchev–Trinajstić information content (AvgIpc) is 2.75. The van der Waals surface area contributed by atoms with Crippen LogP contribution in [0.15, 0.2) is 9.41 Å². The molecule has 114 valence electrons. The summed E-state index contributed by atoms with van der Waals surface area (Å²) in [7, 11) is 2.10. The van der Waals surface area contributed by atoms with Gasteiger partial charge in [-0.25, -0.2) is 9.98 Å². The van der Waals surface area contributed by atoms with Crippen molar-refractivity contribution in [1.29, 1.82) is 0 Å². The van der Waals surface area contributed by atoms with Crippen molar-refractivity contribution >= 4 is 5.96 Å². The van der Waals surface area contributed by atoms with Gasteiger partial charge in [0.1, 0.15) is 12.3 Å². The van der Waals surface area contributed by atoms with Crippen LogP contribution in [0.1, 0.15) is 31.2 Å². The van der Waals surface area contributed by atoms with E-state index in [0.29, 0.717) is 12.4 Å². The van der Waals surface area contributed by atoms with E-state index in [1.165, 1.54) is 0 Å². The van der Waals surface area contributed by atoms with Crippen LogP contribution in [0.2, 0.25) is 0 Å². The fourth-order valence-electron chi connectivity index (χ4n) is 1.62. The number of aryl methyl sites for hydroxylation is 2. The number of aromatic nitrogens is 1. The van der Waals surface area contributed by atoms with E-state index in [0.717, 1.165) is 43.6 Å². The zero-order valence-electron chi connectivity index (χ0n) is 13.3. The third-order valence-corrected chi connectivity index (χ3v) is 3.12. The van der Waals surface area contributed by atoms with Crippen LogP contribution in [-0.2, 0) is 6.54 Å². The summed E-state index contributed by atoms with van der Waals surface area (Å²) >= 11 is 0. The topological polar surface area (TPSA) is 65.7 Å². The van der Waals surface area contributed by atoms with Crippen molar-refractivity contribution in [1.82, 2.24) is 20.5 Å². The first-order valence-electron chi connectivity index (χ1n) is 7.20. The molecule has 2 N–H and O–H groups in total. The van der Waals surface area contributed by atoms with Crippen molar-refractivity contribution in [2.45, 2.75) is 34.2 Å². The van der Waals surface area contributed by atoms with Crippen LogP contribution in [0.3, 0.4) is 0 Å². The Balaban J connectivity index is 2.49. The first kappa shape index (κ1) is 16.5. The molecular weight excluding hydrogens is 254 g/mol. The lowest BCUT2D eigenvalue weighted by molar-refractivity contribution is 0.357. The fraction of sp³-hybridized carbons (Fsp3) is 0.714. The third kappa shape index (κ3) is 5.61. The second kappa shape index (κ2) is 8.58. The summed E-state index contributed by atoms with van der Waals surface area (Å²) < 4.78 is 5.52. The molecule has 0 unspecified atom stereocenters. The molecule has 0 aromatic carbocycles. The predicted molar refractivity (Wildman–Crippen MR) is 82.0 cm³/mol. The molecule has 6 heteroatoms. The van der Waals surface area contributed by atoms with Crippen molar-refractivity contribution < 1.29 is 4.42 Å². The number of aliphatic imine (C=N–C) groups is 1. The fourth-order valence-corrected chi connectivity index (χ4v) is 1.62.